The van der Waals surface area contributed by atoms with Crippen LogP contribution in [-0.4, -0.2) is 54.1 Å². The SMILES string of the molecule is CCCC1(C(=O)O)CCN(C(C)C(=O)NC(=O)NC)C1. The summed E-state index contributed by atoms with van der Waals surface area (Å²) in [6.45, 7) is 4.53. The monoisotopic (exact) mass is 285 g/mol. The molecule has 3 N–H and O–H groups in total. The Morgan fingerprint density at radius 3 is 2.55 bits per heavy atom. The van der Waals surface area contributed by atoms with Crippen LogP contribution in [0.1, 0.15) is 33.1 Å². The van der Waals surface area contributed by atoms with Gasteiger partial charge in [0.2, 0.25) is 5.91 Å². The average Bonchev–Trinajstić information content (AvgIpc) is 2.83. The number of hydrogen-bond acceptors (Lipinski definition) is 4. The molecule has 1 rings (SSSR count). The van der Waals surface area contributed by atoms with Crippen molar-refractivity contribution in [3.63, 3.8) is 0 Å². The Balaban J connectivity index is 2.68. The van der Waals surface area contributed by atoms with Crippen molar-refractivity contribution < 1.29 is 19.5 Å². The molecule has 0 aliphatic carbocycles. The van der Waals surface area contributed by atoms with Crippen LogP contribution >= 0.6 is 0 Å². The Kier molecular flexibility index (Phi) is 5.50. The van der Waals surface area contributed by atoms with Gasteiger partial charge in [0.25, 0.3) is 0 Å². The standard InChI is InChI=1S/C13H23N3O4/c1-4-5-13(11(18)19)6-7-16(8-13)9(2)10(17)15-12(20)14-3/h9H,4-8H2,1-3H3,(H,18,19)(H2,14,15,17,20). The molecule has 20 heavy (non-hydrogen) atoms. The van der Waals surface area contributed by atoms with E-state index in [0.717, 1.165) is 6.42 Å². The molecule has 1 aliphatic rings. The fourth-order valence-electron chi connectivity index (χ4n) is 2.64. The van der Waals surface area contributed by atoms with Crippen LogP contribution in [-0.2, 0) is 9.59 Å². The molecule has 0 radical (unpaired) electrons. The van der Waals surface area contributed by atoms with E-state index in [1.807, 2.05) is 11.8 Å². The van der Waals surface area contributed by atoms with Crippen molar-refractivity contribution >= 4 is 17.9 Å². The van der Waals surface area contributed by atoms with Crippen LogP contribution < -0.4 is 10.6 Å². The van der Waals surface area contributed by atoms with Crippen molar-refractivity contribution in [2.75, 3.05) is 20.1 Å². The first-order valence-electron chi connectivity index (χ1n) is 6.86. The van der Waals surface area contributed by atoms with Crippen molar-refractivity contribution in [1.82, 2.24) is 15.5 Å². The lowest BCUT2D eigenvalue weighted by atomic mass is 9.83. The van der Waals surface area contributed by atoms with Gasteiger partial charge in [-0.2, -0.15) is 0 Å². The molecule has 1 heterocycles. The number of nitrogens with one attached hydrogen (secondary N) is 2. The second-order valence-corrected chi connectivity index (χ2v) is 5.30. The van der Waals surface area contributed by atoms with E-state index < -0.39 is 29.4 Å². The lowest BCUT2D eigenvalue weighted by molar-refractivity contribution is -0.149. The van der Waals surface area contributed by atoms with Crippen molar-refractivity contribution in [3.8, 4) is 0 Å². The molecule has 2 unspecified atom stereocenters. The van der Waals surface area contributed by atoms with Gasteiger partial charge in [-0.05, 0) is 19.8 Å². The number of nitrogens with zero attached hydrogens (tertiary/aromatic N) is 1. The summed E-state index contributed by atoms with van der Waals surface area (Å²) < 4.78 is 0. The summed E-state index contributed by atoms with van der Waals surface area (Å²) in [5.41, 5.74) is -0.768. The molecule has 0 aromatic carbocycles. The Hall–Kier alpha value is -1.63. The summed E-state index contributed by atoms with van der Waals surface area (Å²) in [5, 5.41) is 14.0. The summed E-state index contributed by atoms with van der Waals surface area (Å²) in [6.07, 6.45) is 1.93. The van der Waals surface area contributed by atoms with Gasteiger partial charge in [-0.1, -0.05) is 13.3 Å². The van der Waals surface area contributed by atoms with Crippen LogP contribution in [0, 0.1) is 5.41 Å². The highest BCUT2D eigenvalue weighted by Crippen LogP contribution is 2.36. The minimum Gasteiger partial charge on any atom is -0.481 e. The van der Waals surface area contributed by atoms with Gasteiger partial charge in [-0.15, -0.1) is 0 Å². The number of imide groups is 1. The third-order valence-corrected chi connectivity index (χ3v) is 3.96. The molecule has 0 aromatic rings. The first-order valence-corrected chi connectivity index (χ1v) is 6.86. The first kappa shape index (κ1) is 16.4. The number of carbonyl (C=O) groups is 3. The quantitative estimate of drug-likeness (QED) is 0.679. The lowest BCUT2D eigenvalue weighted by Gasteiger charge is -2.27. The van der Waals surface area contributed by atoms with Crippen LogP contribution in [0.3, 0.4) is 0 Å². The Bertz CT molecular complexity index is 399. The van der Waals surface area contributed by atoms with Gasteiger partial charge in [-0.3, -0.25) is 19.8 Å². The maximum atomic E-state index is 11.9. The van der Waals surface area contributed by atoms with Crippen molar-refractivity contribution in [1.29, 1.82) is 0 Å². The van der Waals surface area contributed by atoms with E-state index >= 15 is 0 Å². The average molecular weight is 285 g/mol. The number of carboxylic acid groups (broad SMARTS) is 1. The van der Waals surface area contributed by atoms with E-state index in [9.17, 15) is 19.5 Å². The Morgan fingerprint density at radius 2 is 2.05 bits per heavy atom. The van der Waals surface area contributed by atoms with E-state index in [4.69, 9.17) is 0 Å². The third kappa shape index (κ3) is 3.47. The molecule has 3 amide bonds. The molecule has 0 aromatic heterocycles. The summed E-state index contributed by atoms with van der Waals surface area (Å²) in [5.74, 6) is -1.22. The first-order chi connectivity index (χ1) is 9.36. The van der Waals surface area contributed by atoms with Crippen molar-refractivity contribution in [2.45, 2.75) is 39.2 Å². The number of rotatable bonds is 5. The number of aliphatic carboxylic acids is 1. The van der Waals surface area contributed by atoms with Crippen LogP contribution in [0.15, 0.2) is 0 Å². The Morgan fingerprint density at radius 1 is 1.40 bits per heavy atom. The van der Waals surface area contributed by atoms with Crippen molar-refractivity contribution in [3.05, 3.63) is 0 Å². The summed E-state index contributed by atoms with van der Waals surface area (Å²) in [4.78, 5) is 36.3. The van der Waals surface area contributed by atoms with Crippen LogP contribution in [0.4, 0.5) is 4.79 Å². The Labute approximate surface area is 118 Å². The molecule has 1 aliphatic heterocycles. The fourth-order valence-corrected chi connectivity index (χ4v) is 2.64. The maximum Gasteiger partial charge on any atom is 0.321 e. The summed E-state index contributed by atoms with van der Waals surface area (Å²) in [6, 6.07) is -1.08. The number of urea groups is 1. The molecule has 114 valence electrons. The van der Waals surface area contributed by atoms with Crippen LogP contribution in [0.2, 0.25) is 0 Å². The topological polar surface area (TPSA) is 98.7 Å². The summed E-state index contributed by atoms with van der Waals surface area (Å²) >= 11 is 0. The van der Waals surface area contributed by atoms with E-state index in [1.54, 1.807) is 6.92 Å². The van der Waals surface area contributed by atoms with E-state index in [1.165, 1.54) is 7.05 Å². The molecule has 1 fully saturated rings. The largest absolute Gasteiger partial charge is 0.481 e. The summed E-state index contributed by atoms with van der Waals surface area (Å²) in [7, 11) is 1.43. The predicted octanol–water partition coefficient (Wildman–Crippen LogP) is 0.407. The van der Waals surface area contributed by atoms with Gasteiger partial charge < -0.3 is 10.4 Å². The molecule has 7 nitrogen and oxygen atoms in total. The molecule has 0 bridgehead atoms. The third-order valence-electron chi connectivity index (χ3n) is 3.96. The van der Waals surface area contributed by atoms with Gasteiger partial charge in [-0.25, -0.2) is 4.79 Å². The zero-order valence-electron chi connectivity index (χ0n) is 12.2. The number of hydrogen-bond donors (Lipinski definition) is 3. The molecule has 1 saturated heterocycles. The number of amides is 3. The lowest BCUT2D eigenvalue weighted by Crippen LogP contribution is -2.49. The van der Waals surface area contributed by atoms with Crippen LogP contribution in [0.25, 0.3) is 0 Å². The number of likely N-dealkylation sites (tertiary alicyclic amines) is 1. The van der Waals surface area contributed by atoms with Gasteiger partial charge >= 0.3 is 12.0 Å². The smallest absolute Gasteiger partial charge is 0.321 e. The highest BCUT2D eigenvalue weighted by molar-refractivity contribution is 5.96. The molecular weight excluding hydrogens is 262 g/mol. The normalized spacial score (nSPS) is 24.1. The van der Waals surface area contributed by atoms with E-state index in [2.05, 4.69) is 10.6 Å². The minimum absolute atomic E-state index is 0.346. The highest BCUT2D eigenvalue weighted by Gasteiger charge is 2.45. The van der Waals surface area contributed by atoms with Gasteiger partial charge in [0.1, 0.15) is 0 Å². The predicted molar refractivity (Wildman–Crippen MR) is 73.2 cm³/mol. The highest BCUT2D eigenvalue weighted by atomic mass is 16.4. The molecule has 0 spiro atoms. The zero-order chi connectivity index (χ0) is 15.3. The fraction of sp³-hybridized carbons (Fsp3) is 0.769. The maximum absolute atomic E-state index is 11.9. The second-order valence-electron chi connectivity index (χ2n) is 5.30. The second kappa shape index (κ2) is 6.69. The van der Waals surface area contributed by atoms with Crippen molar-refractivity contribution in [2.24, 2.45) is 5.41 Å². The molecular formula is C13H23N3O4. The van der Waals surface area contributed by atoms with E-state index in [-0.39, 0.29) is 0 Å². The van der Waals surface area contributed by atoms with Gasteiger partial charge in [0.15, 0.2) is 0 Å². The molecule has 7 heteroatoms. The number of carbonyl (C=O) groups excluding carboxylic acids is 2. The van der Waals surface area contributed by atoms with Gasteiger partial charge in [0.05, 0.1) is 11.5 Å². The van der Waals surface area contributed by atoms with E-state index in [0.29, 0.717) is 25.9 Å². The van der Waals surface area contributed by atoms with Gasteiger partial charge in [0, 0.05) is 20.1 Å². The zero-order valence-corrected chi connectivity index (χ0v) is 12.2. The molecule has 2 atom stereocenters. The number of carboxylic acids is 1. The van der Waals surface area contributed by atoms with Crippen LogP contribution in [0.5, 0.6) is 0 Å². The molecule has 0 saturated carbocycles. The minimum atomic E-state index is -0.805.